The molecule has 27 heavy (non-hydrogen) atoms. The molecule has 1 aromatic carbocycles. The summed E-state index contributed by atoms with van der Waals surface area (Å²) in [6.45, 7) is 1.98. The summed E-state index contributed by atoms with van der Waals surface area (Å²) in [5, 5.41) is 10.4. The number of nitrogens with zero attached hydrogens (tertiary/aromatic N) is 2. The monoisotopic (exact) mass is 404 g/mol. The summed E-state index contributed by atoms with van der Waals surface area (Å²) in [6, 6.07) is 5.08. The van der Waals surface area contributed by atoms with Crippen molar-refractivity contribution in [3.05, 3.63) is 40.2 Å². The number of nitrogens with one attached hydrogen (secondary N) is 1. The highest BCUT2D eigenvalue weighted by atomic mass is 32.2. The van der Waals surface area contributed by atoms with E-state index in [-0.39, 0.29) is 17.7 Å². The molecule has 2 amide bonds. The van der Waals surface area contributed by atoms with Gasteiger partial charge in [0, 0.05) is 11.6 Å². The van der Waals surface area contributed by atoms with Crippen LogP contribution in [0, 0.1) is 5.41 Å². The summed E-state index contributed by atoms with van der Waals surface area (Å²) in [5.41, 5.74) is 5.80. The van der Waals surface area contributed by atoms with Crippen LogP contribution in [0.4, 0.5) is 5.13 Å². The van der Waals surface area contributed by atoms with Crippen molar-refractivity contribution in [2.75, 3.05) is 18.1 Å². The highest BCUT2D eigenvalue weighted by molar-refractivity contribution is 8.19. The van der Waals surface area contributed by atoms with E-state index in [0.29, 0.717) is 33.7 Å². The number of nitrogens with two attached hydrogens (primary N) is 1. The molecule has 8 nitrogen and oxygen atoms in total. The number of aromatic nitrogens is 1. The molecule has 140 valence electrons. The average Bonchev–Trinajstić information content (AvgIpc) is 3.23. The minimum atomic E-state index is -0.586. The predicted molar refractivity (Wildman–Crippen MR) is 105 cm³/mol. The number of thioether (sulfide) groups is 1. The van der Waals surface area contributed by atoms with Crippen molar-refractivity contribution in [2.45, 2.75) is 6.92 Å². The zero-order valence-electron chi connectivity index (χ0n) is 14.3. The highest BCUT2D eigenvalue weighted by Gasteiger charge is 2.35. The molecule has 1 aliphatic heterocycles. The minimum absolute atomic E-state index is 0.104. The maximum atomic E-state index is 12.6. The first-order chi connectivity index (χ1) is 13.0. The van der Waals surface area contributed by atoms with Gasteiger partial charge in [0.2, 0.25) is 0 Å². The molecule has 3 rings (SSSR count). The fourth-order valence-electron chi connectivity index (χ4n) is 2.29. The SMILES string of the molecule is CCOc1cc(/C=C2\SC(=N)N(c3nccs3)C2=O)ccc1OCC(N)=O. The Bertz CT molecular complexity index is 912. The smallest absolute Gasteiger partial charge is 0.273 e. The number of carbonyl (C=O) groups is 2. The Labute approximate surface area is 163 Å². The highest BCUT2D eigenvalue weighted by Crippen LogP contribution is 2.37. The van der Waals surface area contributed by atoms with Gasteiger partial charge >= 0.3 is 0 Å². The third-order valence-electron chi connectivity index (χ3n) is 3.37. The molecule has 1 aromatic heterocycles. The molecule has 1 aliphatic rings. The number of anilines is 1. The van der Waals surface area contributed by atoms with Crippen LogP contribution in [0.5, 0.6) is 11.5 Å². The van der Waals surface area contributed by atoms with E-state index in [1.165, 1.54) is 16.2 Å². The lowest BCUT2D eigenvalue weighted by atomic mass is 10.2. The molecule has 0 bridgehead atoms. The van der Waals surface area contributed by atoms with Crippen molar-refractivity contribution in [1.82, 2.24) is 4.98 Å². The second-order valence-electron chi connectivity index (χ2n) is 5.27. The van der Waals surface area contributed by atoms with Gasteiger partial charge in [-0.05, 0) is 42.5 Å². The lowest BCUT2D eigenvalue weighted by Crippen LogP contribution is -2.27. The summed E-state index contributed by atoms with van der Waals surface area (Å²) in [7, 11) is 0. The van der Waals surface area contributed by atoms with Crippen LogP contribution in [-0.4, -0.2) is 35.2 Å². The van der Waals surface area contributed by atoms with Crippen molar-refractivity contribution in [1.29, 1.82) is 5.41 Å². The van der Waals surface area contributed by atoms with Crippen molar-refractivity contribution in [3.8, 4) is 11.5 Å². The number of hydrogen-bond acceptors (Lipinski definition) is 8. The Morgan fingerprint density at radius 2 is 2.19 bits per heavy atom. The summed E-state index contributed by atoms with van der Waals surface area (Å²) >= 11 is 2.36. The second kappa shape index (κ2) is 8.23. The average molecular weight is 404 g/mol. The van der Waals surface area contributed by atoms with Crippen molar-refractivity contribution < 1.29 is 19.1 Å². The van der Waals surface area contributed by atoms with Crippen molar-refractivity contribution in [2.24, 2.45) is 5.73 Å². The summed E-state index contributed by atoms with van der Waals surface area (Å²) in [4.78, 5) is 29.3. The third-order valence-corrected chi connectivity index (χ3v) is 5.01. The summed E-state index contributed by atoms with van der Waals surface area (Å²) < 4.78 is 10.9. The Balaban J connectivity index is 1.86. The molecule has 1 fully saturated rings. The van der Waals surface area contributed by atoms with Gasteiger partial charge in [0.05, 0.1) is 11.5 Å². The van der Waals surface area contributed by atoms with Crippen LogP contribution in [0.3, 0.4) is 0 Å². The van der Waals surface area contributed by atoms with Crippen LogP contribution >= 0.6 is 23.1 Å². The van der Waals surface area contributed by atoms with Crippen LogP contribution < -0.4 is 20.1 Å². The molecule has 0 unspecified atom stereocenters. The van der Waals surface area contributed by atoms with Crippen LogP contribution in [0.1, 0.15) is 12.5 Å². The van der Waals surface area contributed by atoms with Gasteiger partial charge in [-0.3, -0.25) is 15.0 Å². The van der Waals surface area contributed by atoms with E-state index in [0.717, 1.165) is 11.8 Å². The molecule has 1 saturated heterocycles. The topological polar surface area (TPSA) is 119 Å². The molecule has 2 heterocycles. The van der Waals surface area contributed by atoms with Crippen molar-refractivity contribution >= 4 is 51.3 Å². The van der Waals surface area contributed by atoms with E-state index in [1.807, 2.05) is 6.92 Å². The van der Waals surface area contributed by atoms with Gasteiger partial charge in [-0.15, -0.1) is 11.3 Å². The first-order valence-corrected chi connectivity index (χ1v) is 9.59. The number of primary amides is 1. The van der Waals surface area contributed by atoms with Crippen molar-refractivity contribution in [3.63, 3.8) is 0 Å². The van der Waals surface area contributed by atoms with Gasteiger partial charge in [0.25, 0.3) is 11.8 Å². The lowest BCUT2D eigenvalue weighted by Gasteiger charge is -2.11. The number of thiazole rings is 1. The minimum Gasteiger partial charge on any atom is -0.490 e. The van der Waals surface area contributed by atoms with Gasteiger partial charge < -0.3 is 15.2 Å². The molecule has 0 saturated carbocycles. The molecule has 0 spiro atoms. The Kier molecular flexibility index (Phi) is 5.77. The van der Waals surface area contributed by atoms with E-state index >= 15 is 0 Å². The standard InChI is InChI=1S/C17H16N4O4S2/c1-2-24-12-7-10(3-4-11(12)25-9-14(18)22)8-13-15(23)21(16(19)27-13)17-20-5-6-26-17/h3-8,19H,2,9H2,1H3,(H2,18,22)/b13-8-,19-16?. The van der Waals surface area contributed by atoms with Crippen LogP contribution in [-0.2, 0) is 9.59 Å². The van der Waals surface area contributed by atoms with Crippen LogP contribution in [0.25, 0.3) is 6.08 Å². The van der Waals surface area contributed by atoms with E-state index in [4.69, 9.17) is 20.6 Å². The number of ether oxygens (including phenoxy) is 2. The van der Waals surface area contributed by atoms with Crippen LogP contribution in [0.15, 0.2) is 34.7 Å². The van der Waals surface area contributed by atoms with E-state index < -0.39 is 5.91 Å². The largest absolute Gasteiger partial charge is 0.490 e. The maximum Gasteiger partial charge on any atom is 0.273 e. The Morgan fingerprint density at radius 1 is 1.37 bits per heavy atom. The molecule has 0 aliphatic carbocycles. The molecule has 10 heteroatoms. The first kappa shape index (κ1) is 18.9. The summed E-state index contributed by atoms with van der Waals surface area (Å²) in [6.07, 6.45) is 3.27. The maximum absolute atomic E-state index is 12.6. The quantitative estimate of drug-likeness (QED) is 0.684. The number of hydrogen-bond donors (Lipinski definition) is 2. The molecule has 0 radical (unpaired) electrons. The number of amides is 2. The van der Waals surface area contributed by atoms with Crippen LogP contribution in [0.2, 0.25) is 0 Å². The number of benzene rings is 1. The lowest BCUT2D eigenvalue weighted by molar-refractivity contribution is -0.120. The predicted octanol–water partition coefficient (Wildman–Crippen LogP) is 2.46. The molecular formula is C17H16N4O4S2. The van der Waals surface area contributed by atoms with E-state index in [2.05, 4.69) is 4.98 Å². The van der Waals surface area contributed by atoms with Gasteiger partial charge in [0.1, 0.15) is 0 Å². The Morgan fingerprint density at radius 3 is 2.85 bits per heavy atom. The van der Waals surface area contributed by atoms with Gasteiger partial charge in [-0.25, -0.2) is 9.88 Å². The number of rotatable bonds is 7. The second-order valence-corrected chi connectivity index (χ2v) is 7.17. The Hall–Kier alpha value is -2.85. The number of amidine groups is 1. The fraction of sp³-hybridized carbons (Fsp3) is 0.176. The molecule has 3 N–H and O–H groups in total. The first-order valence-electron chi connectivity index (χ1n) is 7.89. The molecular weight excluding hydrogens is 388 g/mol. The molecule has 0 atom stereocenters. The third kappa shape index (κ3) is 4.29. The summed E-state index contributed by atoms with van der Waals surface area (Å²) in [5.74, 6) is -0.0555. The number of carbonyl (C=O) groups excluding carboxylic acids is 2. The van der Waals surface area contributed by atoms with Gasteiger partial charge in [0.15, 0.2) is 28.4 Å². The zero-order valence-corrected chi connectivity index (χ0v) is 15.9. The normalized spacial score (nSPS) is 15.4. The van der Waals surface area contributed by atoms with E-state index in [1.54, 1.807) is 35.9 Å². The molecule has 2 aromatic rings. The fourth-order valence-corrected chi connectivity index (χ4v) is 3.83. The van der Waals surface area contributed by atoms with Gasteiger partial charge in [-0.2, -0.15) is 0 Å². The van der Waals surface area contributed by atoms with E-state index in [9.17, 15) is 9.59 Å². The zero-order chi connectivity index (χ0) is 19.4. The van der Waals surface area contributed by atoms with Gasteiger partial charge in [-0.1, -0.05) is 6.07 Å².